The Balaban J connectivity index is 0.000000443. The van der Waals surface area contributed by atoms with E-state index in [1.165, 1.54) is 0 Å². The predicted molar refractivity (Wildman–Crippen MR) is 65.2 cm³/mol. The van der Waals surface area contributed by atoms with E-state index in [0.717, 1.165) is 0 Å². The van der Waals surface area contributed by atoms with Crippen molar-refractivity contribution in [3.05, 3.63) is 36.4 Å². The minimum Gasteiger partial charge on any atom is -0.479 e. The number of aliphatic hydroxyl groups is 5. The summed E-state index contributed by atoms with van der Waals surface area (Å²) in [5, 5.41) is 51.8. The second-order valence-electron chi connectivity index (χ2n) is 3.67. The Labute approximate surface area is 110 Å². The van der Waals surface area contributed by atoms with Gasteiger partial charge in [-0.05, 0) is 0 Å². The van der Waals surface area contributed by atoms with Gasteiger partial charge in [0.2, 0.25) is 0 Å². The summed E-state index contributed by atoms with van der Waals surface area (Å²) in [5.74, 6) is -1.73. The molecule has 0 amide bonds. The van der Waals surface area contributed by atoms with Crippen LogP contribution in [0.5, 0.6) is 0 Å². The topological polar surface area (TPSA) is 138 Å². The summed E-state index contributed by atoms with van der Waals surface area (Å²) >= 11 is 0. The first kappa shape index (κ1) is 17.5. The molecule has 1 aromatic carbocycles. The van der Waals surface area contributed by atoms with E-state index >= 15 is 0 Å². The van der Waals surface area contributed by atoms with Crippen LogP contribution in [0, 0.1) is 0 Å². The number of hydrogen-bond donors (Lipinski definition) is 6. The zero-order chi connectivity index (χ0) is 14.8. The number of carbonyl (C=O) groups is 1. The van der Waals surface area contributed by atoms with Gasteiger partial charge < -0.3 is 30.6 Å². The normalized spacial score (nSPS) is 16.5. The van der Waals surface area contributed by atoms with Crippen molar-refractivity contribution in [1.82, 2.24) is 0 Å². The summed E-state index contributed by atoms with van der Waals surface area (Å²) in [4.78, 5) is 10.1. The second kappa shape index (κ2) is 9.42. The van der Waals surface area contributed by atoms with Gasteiger partial charge in [0.1, 0.15) is 18.3 Å². The molecule has 19 heavy (non-hydrogen) atoms. The molecule has 108 valence electrons. The number of carboxylic acids is 1. The number of benzene rings is 1. The Kier molecular flexibility index (Phi) is 8.68. The molecule has 0 aliphatic heterocycles. The molecule has 0 aliphatic rings. The summed E-state index contributed by atoms with van der Waals surface area (Å²) in [7, 11) is 0. The average Bonchev–Trinajstić information content (AvgIpc) is 2.46. The highest BCUT2D eigenvalue weighted by Crippen LogP contribution is 2.04. The summed E-state index contributed by atoms with van der Waals surface area (Å²) in [6, 6.07) is 12.0. The van der Waals surface area contributed by atoms with Crippen molar-refractivity contribution in [2.45, 2.75) is 24.4 Å². The molecule has 0 aliphatic carbocycles. The molecule has 0 aromatic heterocycles. The van der Waals surface area contributed by atoms with Gasteiger partial charge >= 0.3 is 5.97 Å². The van der Waals surface area contributed by atoms with Gasteiger partial charge in [-0.2, -0.15) is 0 Å². The first-order valence-electron chi connectivity index (χ1n) is 5.47. The van der Waals surface area contributed by atoms with Gasteiger partial charge in [-0.15, -0.1) is 0 Å². The number of carboxylic acid groups (broad SMARTS) is 1. The Bertz CT molecular complexity index is 316. The fourth-order valence-electron chi connectivity index (χ4n) is 1.05. The van der Waals surface area contributed by atoms with Gasteiger partial charge in [0, 0.05) is 0 Å². The smallest absolute Gasteiger partial charge is 0.335 e. The van der Waals surface area contributed by atoms with E-state index in [1.807, 2.05) is 36.4 Å². The highest BCUT2D eigenvalue weighted by Gasteiger charge is 2.33. The van der Waals surface area contributed by atoms with Crippen LogP contribution in [0.2, 0.25) is 0 Å². The quantitative estimate of drug-likeness (QED) is 0.372. The Morgan fingerprint density at radius 1 is 0.842 bits per heavy atom. The molecule has 1 aromatic rings. The Morgan fingerprint density at radius 2 is 1.21 bits per heavy atom. The third-order valence-corrected chi connectivity index (χ3v) is 2.17. The fraction of sp³-hybridized carbons (Fsp3) is 0.417. The van der Waals surface area contributed by atoms with Crippen LogP contribution in [0.15, 0.2) is 36.4 Å². The fourth-order valence-corrected chi connectivity index (χ4v) is 1.05. The molecule has 0 fully saturated rings. The summed E-state index contributed by atoms with van der Waals surface area (Å²) in [6.45, 7) is -0.843. The summed E-state index contributed by atoms with van der Waals surface area (Å²) in [5.41, 5.74) is 0. The monoisotopic (exact) mass is 274 g/mol. The van der Waals surface area contributed by atoms with Gasteiger partial charge in [0.25, 0.3) is 0 Å². The minimum absolute atomic E-state index is 0.843. The zero-order valence-corrected chi connectivity index (χ0v) is 10.1. The number of aliphatic carboxylic acids is 1. The van der Waals surface area contributed by atoms with E-state index in [9.17, 15) is 4.79 Å². The molecule has 0 radical (unpaired) electrons. The molecular formula is C12H18O7. The first-order valence-corrected chi connectivity index (χ1v) is 5.47. The van der Waals surface area contributed by atoms with Crippen LogP contribution in [0.25, 0.3) is 0 Å². The molecule has 1 rings (SSSR count). The van der Waals surface area contributed by atoms with Crippen LogP contribution < -0.4 is 0 Å². The SMILES string of the molecule is O=C(O)C(O)C(O)C(O)C(O)CO.c1ccccc1. The van der Waals surface area contributed by atoms with Crippen molar-refractivity contribution in [2.75, 3.05) is 6.61 Å². The molecule has 4 atom stereocenters. The van der Waals surface area contributed by atoms with E-state index in [-0.39, 0.29) is 0 Å². The molecule has 0 heterocycles. The second-order valence-corrected chi connectivity index (χ2v) is 3.67. The summed E-state index contributed by atoms with van der Waals surface area (Å²) in [6.07, 6.45) is -7.84. The highest BCUT2D eigenvalue weighted by molar-refractivity contribution is 5.72. The van der Waals surface area contributed by atoms with Crippen molar-refractivity contribution in [3.63, 3.8) is 0 Å². The Hall–Kier alpha value is -1.51. The van der Waals surface area contributed by atoms with E-state index in [0.29, 0.717) is 0 Å². The van der Waals surface area contributed by atoms with Gasteiger partial charge in [0.15, 0.2) is 6.10 Å². The summed E-state index contributed by atoms with van der Waals surface area (Å²) < 4.78 is 0. The molecule has 0 saturated carbocycles. The largest absolute Gasteiger partial charge is 0.479 e. The van der Waals surface area contributed by atoms with E-state index < -0.39 is 37.0 Å². The third kappa shape index (κ3) is 6.85. The zero-order valence-electron chi connectivity index (χ0n) is 10.1. The van der Waals surface area contributed by atoms with Crippen molar-refractivity contribution in [3.8, 4) is 0 Å². The van der Waals surface area contributed by atoms with Crippen LogP contribution in [-0.2, 0) is 4.79 Å². The lowest BCUT2D eigenvalue weighted by Crippen LogP contribution is -2.48. The number of rotatable bonds is 5. The highest BCUT2D eigenvalue weighted by atomic mass is 16.4. The van der Waals surface area contributed by atoms with Crippen molar-refractivity contribution in [1.29, 1.82) is 0 Å². The van der Waals surface area contributed by atoms with Crippen LogP contribution in [0.4, 0.5) is 0 Å². The lowest BCUT2D eigenvalue weighted by molar-refractivity contribution is -0.164. The maximum atomic E-state index is 10.1. The first-order chi connectivity index (χ1) is 8.91. The maximum Gasteiger partial charge on any atom is 0.335 e. The van der Waals surface area contributed by atoms with Crippen molar-refractivity contribution in [2.24, 2.45) is 0 Å². The van der Waals surface area contributed by atoms with Crippen LogP contribution in [0.3, 0.4) is 0 Å². The maximum absolute atomic E-state index is 10.1. The third-order valence-electron chi connectivity index (χ3n) is 2.17. The van der Waals surface area contributed by atoms with Crippen LogP contribution in [-0.4, -0.2) is 67.6 Å². The lowest BCUT2D eigenvalue weighted by Gasteiger charge is -2.23. The number of hydrogen-bond acceptors (Lipinski definition) is 6. The average molecular weight is 274 g/mol. The molecular weight excluding hydrogens is 256 g/mol. The molecule has 4 unspecified atom stereocenters. The Morgan fingerprint density at radius 3 is 1.47 bits per heavy atom. The standard InChI is InChI=1S/C6H12O7.C6H6/c7-1-2(8)3(9)4(10)5(11)6(12)13;1-2-4-6-5-3-1/h2-5,7-11H,1H2,(H,12,13);1-6H. The van der Waals surface area contributed by atoms with E-state index in [1.54, 1.807) is 0 Å². The molecule has 7 nitrogen and oxygen atoms in total. The van der Waals surface area contributed by atoms with E-state index in [2.05, 4.69) is 0 Å². The van der Waals surface area contributed by atoms with Gasteiger partial charge in [-0.1, -0.05) is 36.4 Å². The van der Waals surface area contributed by atoms with Gasteiger partial charge in [-0.3, -0.25) is 0 Å². The molecule has 7 heteroatoms. The molecule has 0 spiro atoms. The van der Waals surface area contributed by atoms with Crippen LogP contribution >= 0.6 is 0 Å². The molecule has 0 saturated heterocycles. The van der Waals surface area contributed by atoms with Crippen LogP contribution in [0.1, 0.15) is 0 Å². The van der Waals surface area contributed by atoms with Gasteiger partial charge in [-0.25, -0.2) is 4.79 Å². The molecule has 6 N–H and O–H groups in total. The van der Waals surface area contributed by atoms with Gasteiger partial charge in [0.05, 0.1) is 6.61 Å². The minimum atomic E-state index is -2.20. The molecule has 0 bridgehead atoms. The van der Waals surface area contributed by atoms with Crippen molar-refractivity contribution < 1.29 is 35.4 Å². The van der Waals surface area contributed by atoms with Crippen molar-refractivity contribution >= 4 is 5.97 Å². The lowest BCUT2D eigenvalue weighted by atomic mass is 10.0. The predicted octanol–water partition coefficient (Wildman–Crippen LogP) is -1.81. The number of aliphatic hydroxyl groups excluding tert-OH is 5. The van der Waals surface area contributed by atoms with E-state index in [4.69, 9.17) is 30.6 Å².